The van der Waals surface area contributed by atoms with E-state index in [-0.39, 0.29) is 0 Å². The Hall–Kier alpha value is -5.69. The van der Waals surface area contributed by atoms with E-state index < -0.39 is 0 Å². The maximum atomic E-state index is 11.5. The molecule has 0 N–H and O–H groups in total. The molecule has 0 aliphatic heterocycles. The molecular weight excluding hydrogens is 793 g/mol. The van der Waals surface area contributed by atoms with Crippen molar-refractivity contribution < 1.29 is 23.1 Å². The molecule has 0 spiro atoms. The lowest BCUT2D eigenvalue weighted by atomic mass is 9.96. The number of hydrogen-bond acceptors (Lipinski definition) is 7. The molecule has 7 nitrogen and oxygen atoms in total. The van der Waals surface area contributed by atoms with E-state index >= 15 is 0 Å². The number of nitrogens with zero attached hydrogens (tertiary/aromatic N) is 2. The first kappa shape index (κ1) is 46.3. The Morgan fingerprint density at radius 1 is 0.422 bits per heavy atom. The fraction of sp³-hybridized carbons (Fsp3) is 0.421. The van der Waals surface area contributed by atoms with E-state index in [4.69, 9.17) is 28.3 Å². The summed E-state index contributed by atoms with van der Waals surface area (Å²) in [5.74, 6) is 2.62. The third-order valence-corrected chi connectivity index (χ3v) is 12.3. The average Bonchev–Trinajstić information content (AvgIpc) is 3.98. The molecule has 2 heterocycles. The van der Waals surface area contributed by atoms with Gasteiger partial charge >= 0.3 is 0 Å². The lowest BCUT2D eigenvalue weighted by Crippen LogP contribution is -1.97. The summed E-state index contributed by atoms with van der Waals surface area (Å²) in [5, 5.41) is 0. The van der Waals surface area contributed by atoms with Gasteiger partial charge in [0.05, 0.1) is 24.3 Å². The normalized spacial score (nSPS) is 11.5. The summed E-state index contributed by atoms with van der Waals surface area (Å²) in [5.41, 5.74) is 8.20. The number of aldehydes is 1. The first-order chi connectivity index (χ1) is 31.7. The van der Waals surface area contributed by atoms with E-state index in [0.717, 1.165) is 64.0 Å². The molecule has 0 aliphatic carbocycles. The molecule has 7 heteroatoms. The zero-order chi connectivity index (χ0) is 44.2. The van der Waals surface area contributed by atoms with E-state index in [1.54, 1.807) is 12.1 Å². The second-order valence-electron chi connectivity index (χ2n) is 17.4. The molecule has 0 atom stereocenters. The maximum absolute atomic E-state index is 11.5. The Morgan fingerprint density at radius 2 is 0.781 bits per heavy atom. The number of benzene rings is 5. The number of unbranched alkanes of at least 4 members (excludes halogenated alkanes) is 18. The monoisotopic (exact) mass is 861 g/mol. The maximum Gasteiger partial charge on any atom is 0.227 e. The summed E-state index contributed by atoms with van der Waals surface area (Å²) in [6, 6.07) is 33.7. The van der Waals surface area contributed by atoms with Gasteiger partial charge in [-0.25, -0.2) is 9.97 Å². The van der Waals surface area contributed by atoms with Gasteiger partial charge in [0.1, 0.15) is 28.8 Å². The van der Waals surface area contributed by atoms with E-state index in [1.807, 2.05) is 66.7 Å². The molecule has 336 valence electrons. The lowest BCUT2D eigenvalue weighted by Gasteiger charge is -2.11. The van der Waals surface area contributed by atoms with Crippen molar-refractivity contribution in [3.8, 4) is 56.7 Å². The van der Waals surface area contributed by atoms with Crippen molar-refractivity contribution in [1.82, 2.24) is 9.97 Å². The minimum absolute atomic E-state index is 0.443. The van der Waals surface area contributed by atoms with Crippen molar-refractivity contribution in [3.05, 3.63) is 109 Å². The fourth-order valence-corrected chi connectivity index (χ4v) is 8.60. The molecule has 0 radical (unpaired) electrons. The topological polar surface area (TPSA) is 87.6 Å². The van der Waals surface area contributed by atoms with Crippen LogP contribution < -0.4 is 9.47 Å². The number of fused-ring (bicyclic) bond motifs is 2. The van der Waals surface area contributed by atoms with Crippen LogP contribution in [0.3, 0.4) is 0 Å². The van der Waals surface area contributed by atoms with E-state index in [0.29, 0.717) is 52.8 Å². The lowest BCUT2D eigenvalue weighted by molar-refractivity contribution is 0.112. The molecule has 7 aromatic rings. The largest absolute Gasteiger partial charge is 0.494 e. The van der Waals surface area contributed by atoms with Gasteiger partial charge in [-0.2, -0.15) is 0 Å². The highest BCUT2D eigenvalue weighted by Gasteiger charge is 2.27. The van der Waals surface area contributed by atoms with Gasteiger partial charge in [-0.05, 0) is 72.5 Å². The quantitative estimate of drug-likeness (QED) is 0.0342. The van der Waals surface area contributed by atoms with Gasteiger partial charge in [-0.15, -0.1) is 0 Å². The predicted molar refractivity (Wildman–Crippen MR) is 263 cm³/mol. The first-order valence-electron chi connectivity index (χ1n) is 24.5. The predicted octanol–water partition coefficient (Wildman–Crippen LogP) is 17.0. The van der Waals surface area contributed by atoms with Gasteiger partial charge in [0, 0.05) is 16.7 Å². The zero-order valence-electron chi connectivity index (χ0n) is 38.4. The van der Waals surface area contributed by atoms with Gasteiger partial charge in [0.25, 0.3) is 0 Å². The summed E-state index contributed by atoms with van der Waals surface area (Å²) < 4.78 is 26.0. The molecular formula is C57H68N2O5. The number of rotatable bonds is 29. The van der Waals surface area contributed by atoms with Crippen molar-refractivity contribution >= 4 is 28.5 Å². The summed E-state index contributed by atoms with van der Waals surface area (Å²) in [6.45, 7) is 5.93. The standard InChI is InChI=1S/C57H68N2O5/c1-3-5-7-9-11-13-15-17-19-24-40-61-48-36-32-44(33-37-48)50-52-54(63-56(58-52)46-26-22-21-23-27-46)51(53-55(50)64-57(59-53)47-30-28-43(42-60)29-31-47)45-34-38-49(39-35-45)62-41-25-20-18-16-14-12-10-8-6-4-2/h21-23,26-39,42H,3-20,24-25,40-41H2,1-2H3. The minimum atomic E-state index is 0.443. The number of carbonyl (C=O) groups is 1. The van der Waals surface area contributed by atoms with Crippen molar-refractivity contribution in [2.75, 3.05) is 13.2 Å². The number of oxazole rings is 2. The van der Waals surface area contributed by atoms with Crippen molar-refractivity contribution in [2.24, 2.45) is 0 Å². The van der Waals surface area contributed by atoms with Crippen LogP contribution in [0.4, 0.5) is 0 Å². The van der Waals surface area contributed by atoms with Gasteiger partial charge in [-0.1, -0.05) is 184 Å². The van der Waals surface area contributed by atoms with E-state index in [2.05, 4.69) is 38.1 Å². The Balaban J connectivity index is 1.13. The van der Waals surface area contributed by atoms with Gasteiger partial charge < -0.3 is 18.3 Å². The highest BCUT2D eigenvalue weighted by Crippen LogP contribution is 2.46. The van der Waals surface area contributed by atoms with Gasteiger partial charge in [0.2, 0.25) is 11.8 Å². The molecule has 0 saturated heterocycles. The van der Waals surface area contributed by atoms with Crippen LogP contribution in [0, 0.1) is 0 Å². The van der Waals surface area contributed by atoms with Crippen LogP contribution in [0.15, 0.2) is 112 Å². The van der Waals surface area contributed by atoms with Gasteiger partial charge in [0.15, 0.2) is 11.2 Å². The van der Waals surface area contributed by atoms with Crippen LogP contribution >= 0.6 is 0 Å². The minimum Gasteiger partial charge on any atom is -0.494 e. The molecule has 0 fully saturated rings. The summed E-state index contributed by atoms with van der Waals surface area (Å²) >= 11 is 0. The molecule has 64 heavy (non-hydrogen) atoms. The third kappa shape index (κ3) is 12.7. The third-order valence-electron chi connectivity index (χ3n) is 12.3. The van der Waals surface area contributed by atoms with Crippen LogP contribution in [0.5, 0.6) is 11.5 Å². The zero-order valence-corrected chi connectivity index (χ0v) is 38.4. The fourth-order valence-electron chi connectivity index (χ4n) is 8.60. The summed E-state index contributed by atoms with van der Waals surface area (Å²) in [7, 11) is 0. The highest BCUT2D eigenvalue weighted by atomic mass is 16.5. The number of ether oxygens (including phenoxy) is 2. The van der Waals surface area contributed by atoms with Crippen molar-refractivity contribution in [2.45, 2.75) is 142 Å². The van der Waals surface area contributed by atoms with E-state index in [1.165, 1.54) is 116 Å². The second kappa shape index (κ2) is 25.0. The van der Waals surface area contributed by atoms with Crippen LogP contribution in [0.2, 0.25) is 0 Å². The molecule has 5 aromatic carbocycles. The second-order valence-corrected chi connectivity index (χ2v) is 17.4. The summed E-state index contributed by atoms with van der Waals surface area (Å²) in [4.78, 5) is 21.9. The Kier molecular flexibility index (Phi) is 18.1. The molecule has 0 amide bonds. The molecule has 7 rings (SSSR count). The Bertz CT molecular complexity index is 2310. The van der Waals surface area contributed by atoms with Crippen LogP contribution in [-0.4, -0.2) is 29.5 Å². The Labute approximate surface area is 381 Å². The number of aromatic nitrogens is 2. The van der Waals surface area contributed by atoms with Crippen LogP contribution in [-0.2, 0) is 0 Å². The Morgan fingerprint density at radius 3 is 1.17 bits per heavy atom. The van der Waals surface area contributed by atoms with Crippen LogP contribution in [0.25, 0.3) is 67.4 Å². The van der Waals surface area contributed by atoms with Crippen molar-refractivity contribution in [3.63, 3.8) is 0 Å². The van der Waals surface area contributed by atoms with E-state index in [9.17, 15) is 4.79 Å². The smallest absolute Gasteiger partial charge is 0.227 e. The van der Waals surface area contributed by atoms with Crippen LogP contribution in [0.1, 0.15) is 153 Å². The molecule has 2 aromatic heterocycles. The number of hydrogen-bond donors (Lipinski definition) is 0. The first-order valence-corrected chi connectivity index (χ1v) is 24.5. The SMILES string of the molecule is CCCCCCCCCCCCOc1ccc(-c2c3nc(-c4ccc(C=O)cc4)oc3c(-c3ccc(OCCCCCCCCCCCC)cc3)c3nc(-c4ccccc4)oc23)cc1. The number of carbonyl (C=O) groups excluding carboxylic acids is 1. The molecule has 0 bridgehead atoms. The summed E-state index contributed by atoms with van der Waals surface area (Å²) in [6.07, 6.45) is 26.7. The van der Waals surface area contributed by atoms with Crippen molar-refractivity contribution in [1.29, 1.82) is 0 Å². The molecule has 0 aliphatic rings. The highest BCUT2D eigenvalue weighted by molar-refractivity contribution is 6.16. The molecule has 0 saturated carbocycles. The van der Waals surface area contributed by atoms with Gasteiger partial charge in [-0.3, -0.25) is 4.79 Å². The molecule has 0 unspecified atom stereocenters. The average molecular weight is 861 g/mol.